The van der Waals surface area contributed by atoms with Gasteiger partial charge in [0.15, 0.2) is 0 Å². The standard InChI is InChI=1S/C25H23N3O2S/c26-24(29)25(14-15-30-23(16-25)18-6-2-1-3-7-18)31-20-12-10-19(11-13-20)28-17-27-21-8-4-5-9-22(21)28/h1-13,17,23H,14-16H2,(H2,26,29). The summed E-state index contributed by atoms with van der Waals surface area (Å²) in [6.45, 7) is 0.509. The van der Waals surface area contributed by atoms with Crippen LogP contribution in [0.2, 0.25) is 0 Å². The minimum Gasteiger partial charge on any atom is -0.373 e. The molecular weight excluding hydrogens is 406 g/mol. The highest BCUT2D eigenvalue weighted by Gasteiger charge is 2.43. The molecule has 2 unspecified atom stereocenters. The maximum atomic E-state index is 12.6. The van der Waals surface area contributed by atoms with Gasteiger partial charge in [0.05, 0.1) is 17.1 Å². The summed E-state index contributed by atoms with van der Waals surface area (Å²) in [4.78, 5) is 18.1. The number of ether oxygens (including phenoxy) is 1. The van der Waals surface area contributed by atoms with Crippen LogP contribution < -0.4 is 5.73 Å². The van der Waals surface area contributed by atoms with Crippen LogP contribution in [-0.4, -0.2) is 26.8 Å². The van der Waals surface area contributed by atoms with E-state index in [9.17, 15) is 4.79 Å². The molecule has 0 bridgehead atoms. The van der Waals surface area contributed by atoms with Gasteiger partial charge in [0.25, 0.3) is 0 Å². The van der Waals surface area contributed by atoms with E-state index in [1.165, 1.54) is 0 Å². The number of rotatable bonds is 5. The molecule has 2 N–H and O–H groups in total. The van der Waals surface area contributed by atoms with Crippen molar-refractivity contribution in [1.82, 2.24) is 9.55 Å². The number of carbonyl (C=O) groups is 1. The minimum atomic E-state index is -0.692. The fourth-order valence-electron chi connectivity index (χ4n) is 4.14. The molecule has 1 fully saturated rings. The van der Waals surface area contributed by atoms with Crippen LogP contribution in [0, 0.1) is 0 Å². The van der Waals surface area contributed by atoms with E-state index in [0.29, 0.717) is 19.4 Å². The lowest BCUT2D eigenvalue weighted by Crippen LogP contribution is -2.46. The molecule has 5 nitrogen and oxygen atoms in total. The molecule has 5 rings (SSSR count). The molecule has 0 radical (unpaired) electrons. The van der Waals surface area contributed by atoms with Crippen LogP contribution in [0.5, 0.6) is 0 Å². The summed E-state index contributed by atoms with van der Waals surface area (Å²) in [7, 11) is 0. The number of amides is 1. The topological polar surface area (TPSA) is 70.1 Å². The van der Waals surface area contributed by atoms with Gasteiger partial charge in [-0.05, 0) is 48.4 Å². The summed E-state index contributed by atoms with van der Waals surface area (Å²) in [6.07, 6.45) is 2.86. The first kappa shape index (κ1) is 19.8. The Balaban J connectivity index is 1.40. The molecule has 1 aliphatic rings. The zero-order valence-corrected chi connectivity index (χ0v) is 17.8. The van der Waals surface area contributed by atoms with Crippen LogP contribution in [0.3, 0.4) is 0 Å². The van der Waals surface area contributed by atoms with Gasteiger partial charge in [-0.15, -0.1) is 11.8 Å². The van der Waals surface area contributed by atoms with E-state index >= 15 is 0 Å². The lowest BCUT2D eigenvalue weighted by molar-refractivity contribution is -0.124. The zero-order valence-electron chi connectivity index (χ0n) is 17.0. The number of nitrogens with zero attached hydrogens (tertiary/aromatic N) is 2. The summed E-state index contributed by atoms with van der Waals surface area (Å²) in [5.41, 5.74) is 10.1. The first-order chi connectivity index (χ1) is 15.1. The Labute approximate surface area is 185 Å². The number of thioether (sulfide) groups is 1. The van der Waals surface area contributed by atoms with Crippen molar-refractivity contribution in [3.8, 4) is 5.69 Å². The number of benzene rings is 3. The van der Waals surface area contributed by atoms with Crippen molar-refractivity contribution >= 4 is 28.7 Å². The summed E-state index contributed by atoms with van der Waals surface area (Å²) >= 11 is 1.55. The number of fused-ring (bicyclic) bond motifs is 1. The summed E-state index contributed by atoms with van der Waals surface area (Å²) in [5, 5.41) is 0. The molecule has 0 aliphatic carbocycles. The number of primary amides is 1. The molecule has 31 heavy (non-hydrogen) atoms. The third-order valence-corrected chi connectivity index (χ3v) is 7.31. The van der Waals surface area contributed by atoms with Crippen molar-refractivity contribution in [3.05, 3.63) is 90.8 Å². The monoisotopic (exact) mass is 429 g/mol. The smallest absolute Gasteiger partial charge is 0.234 e. The molecule has 1 amide bonds. The van der Waals surface area contributed by atoms with Crippen molar-refractivity contribution in [2.75, 3.05) is 6.61 Å². The van der Waals surface area contributed by atoms with Crippen molar-refractivity contribution < 1.29 is 9.53 Å². The molecule has 1 saturated heterocycles. The van der Waals surface area contributed by atoms with Crippen molar-refractivity contribution in [2.45, 2.75) is 28.6 Å². The largest absolute Gasteiger partial charge is 0.373 e. The van der Waals surface area contributed by atoms with Crippen LogP contribution in [0.4, 0.5) is 0 Å². The highest BCUT2D eigenvalue weighted by Crippen LogP contribution is 2.46. The van der Waals surface area contributed by atoms with Gasteiger partial charge in [0.2, 0.25) is 5.91 Å². The third kappa shape index (κ3) is 3.84. The molecule has 4 aromatic rings. The lowest BCUT2D eigenvalue weighted by Gasteiger charge is -2.38. The number of nitrogens with two attached hydrogens (primary N) is 1. The van der Waals surface area contributed by atoms with Gasteiger partial charge >= 0.3 is 0 Å². The second kappa shape index (κ2) is 8.21. The number of hydrogen-bond donors (Lipinski definition) is 1. The number of para-hydroxylation sites is 2. The van der Waals surface area contributed by atoms with E-state index in [-0.39, 0.29) is 12.0 Å². The summed E-state index contributed by atoms with van der Waals surface area (Å²) in [6, 6.07) is 26.3. The van der Waals surface area contributed by atoms with Gasteiger partial charge in [-0.25, -0.2) is 4.98 Å². The van der Waals surface area contributed by atoms with E-state index < -0.39 is 4.75 Å². The van der Waals surface area contributed by atoms with Gasteiger partial charge in [0.1, 0.15) is 11.1 Å². The predicted octanol–water partition coefficient (Wildman–Crippen LogP) is 4.89. The van der Waals surface area contributed by atoms with Crippen LogP contribution in [0.25, 0.3) is 16.7 Å². The molecule has 156 valence electrons. The molecule has 0 spiro atoms. The number of hydrogen-bond acceptors (Lipinski definition) is 4. The second-order valence-corrected chi connectivity index (χ2v) is 9.24. The van der Waals surface area contributed by atoms with E-state index in [1.807, 2.05) is 67.0 Å². The fourth-order valence-corrected chi connectivity index (χ4v) is 5.38. The van der Waals surface area contributed by atoms with Crippen LogP contribution in [0.15, 0.2) is 90.1 Å². The highest BCUT2D eigenvalue weighted by molar-refractivity contribution is 8.01. The van der Waals surface area contributed by atoms with Gasteiger partial charge < -0.3 is 10.5 Å². The van der Waals surface area contributed by atoms with Crippen molar-refractivity contribution in [3.63, 3.8) is 0 Å². The van der Waals surface area contributed by atoms with E-state index in [0.717, 1.165) is 27.2 Å². The Kier molecular flexibility index (Phi) is 5.26. The quantitative estimate of drug-likeness (QED) is 0.490. The fraction of sp³-hybridized carbons (Fsp3) is 0.200. The number of carbonyl (C=O) groups excluding carboxylic acids is 1. The molecule has 1 aromatic heterocycles. The number of imidazole rings is 1. The SMILES string of the molecule is NC(=O)C1(Sc2ccc(-n3cnc4ccccc43)cc2)CCOC(c2ccccc2)C1. The van der Waals surface area contributed by atoms with E-state index in [4.69, 9.17) is 10.5 Å². The Morgan fingerprint density at radius 2 is 1.77 bits per heavy atom. The van der Waals surface area contributed by atoms with E-state index in [2.05, 4.69) is 27.8 Å². The maximum Gasteiger partial charge on any atom is 0.234 e. The maximum absolute atomic E-state index is 12.6. The Bertz CT molecular complexity index is 1210. The van der Waals surface area contributed by atoms with Gasteiger partial charge in [-0.3, -0.25) is 9.36 Å². The average molecular weight is 430 g/mol. The Morgan fingerprint density at radius 1 is 1.03 bits per heavy atom. The minimum absolute atomic E-state index is 0.133. The third-order valence-electron chi connectivity index (χ3n) is 5.84. The molecule has 3 aromatic carbocycles. The van der Waals surface area contributed by atoms with Crippen LogP contribution in [0.1, 0.15) is 24.5 Å². The second-order valence-electron chi connectivity index (χ2n) is 7.78. The molecule has 2 atom stereocenters. The summed E-state index contributed by atoms with van der Waals surface area (Å²) < 4.78 is 7.36. The zero-order chi connectivity index (χ0) is 21.3. The van der Waals surface area contributed by atoms with Crippen LogP contribution in [-0.2, 0) is 9.53 Å². The molecule has 2 heterocycles. The van der Waals surface area contributed by atoms with Crippen molar-refractivity contribution in [1.29, 1.82) is 0 Å². The highest BCUT2D eigenvalue weighted by atomic mass is 32.2. The summed E-state index contributed by atoms with van der Waals surface area (Å²) in [5.74, 6) is -0.286. The number of aromatic nitrogens is 2. The Morgan fingerprint density at radius 3 is 2.55 bits per heavy atom. The molecular formula is C25H23N3O2S. The first-order valence-corrected chi connectivity index (χ1v) is 11.1. The normalized spacial score (nSPS) is 21.2. The molecule has 1 aliphatic heterocycles. The Hall–Kier alpha value is -3.09. The van der Waals surface area contributed by atoms with Gasteiger partial charge in [-0.1, -0.05) is 42.5 Å². The predicted molar refractivity (Wildman–Crippen MR) is 123 cm³/mol. The van der Waals surface area contributed by atoms with E-state index in [1.54, 1.807) is 11.8 Å². The van der Waals surface area contributed by atoms with Crippen molar-refractivity contribution in [2.24, 2.45) is 5.73 Å². The van der Waals surface area contributed by atoms with Gasteiger partial charge in [0, 0.05) is 23.6 Å². The molecule has 6 heteroatoms. The van der Waals surface area contributed by atoms with Crippen LogP contribution >= 0.6 is 11.8 Å². The first-order valence-electron chi connectivity index (χ1n) is 10.3. The lowest BCUT2D eigenvalue weighted by atomic mass is 9.90. The molecule has 0 saturated carbocycles. The van der Waals surface area contributed by atoms with Gasteiger partial charge in [-0.2, -0.15) is 0 Å². The average Bonchev–Trinajstić information content (AvgIpc) is 3.24.